The van der Waals surface area contributed by atoms with Crippen LogP contribution in [0.2, 0.25) is 18.1 Å². The summed E-state index contributed by atoms with van der Waals surface area (Å²) >= 11 is 3.58. The highest BCUT2D eigenvalue weighted by atomic mass is 79.9. The third kappa shape index (κ3) is 8.17. The maximum absolute atomic E-state index is 6.04. The van der Waals surface area contributed by atoms with E-state index in [2.05, 4.69) is 68.6 Å². The van der Waals surface area contributed by atoms with Gasteiger partial charge >= 0.3 is 0 Å². The predicted molar refractivity (Wildman–Crippen MR) is 92.4 cm³/mol. The average Bonchev–Trinajstić information content (AvgIpc) is 2.31. The van der Waals surface area contributed by atoms with Gasteiger partial charge in [-0.15, -0.1) is 5.92 Å². The van der Waals surface area contributed by atoms with Gasteiger partial charge in [0.05, 0.1) is 6.61 Å². The summed E-state index contributed by atoms with van der Waals surface area (Å²) in [6, 6.07) is 0. The van der Waals surface area contributed by atoms with Gasteiger partial charge in [0.1, 0.15) is 0 Å². The van der Waals surface area contributed by atoms with Gasteiger partial charge in [0.15, 0.2) is 8.32 Å². The van der Waals surface area contributed by atoms with Crippen molar-refractivity contribution in [2.24, 2.45) is 5.92 Å². The maximum Gasteiger partial charge on any atom is 0.193 e. The van der Waals surface area contributed by atoms with E-state index >= 15 is 0 Å². The standard InChI is InChI=1S/C16H31BrOSi/c1-7-8-11-15(14-17)12-9-10-13-18-19(5,6)16(2,3)4/h15H,7-8,11-14H2,1-6H3. The van der Waals surface area contributed by atoms with Crippen LogP contribution in [-0.4, -0.2) is 20.3 Å². The topological polar surface area (TPSA) is 9.23 Å². The van der Waals surface area contributed by atoms with Gasteiger partial charge in [0.25, 0.3) is 0 Å². The number of halogens is 1. The van der Waals surface area contributed by atoms with Crippen LogP contribution >= 0.6 is 15.9 Å². The van der Waals surface area contributed by atoms with Crippen LogP contribution in [-0.2, 0) is 4.43 Å². The highest BCUT2D eigenvalue weighted by Crippen LogP contribution is 2.36. The second-order valence-electron chi connectivity index (χ2n) is 6.77. The minimum absolute atomic E-state index is 0.272. The summed E-state index contributed by atoms with van der Waals surface area (Å²) in [4.78, 5) is 0. The van der Waals surface area contributed by atoms with Crippen molar-refractivity contribution < 1.29 is 4.43 Å². The molecule has 1 unspecified atom stereocenters. The minimum Gasteiger partial charge on any atom is -0.406 e. The Morgan fingerprint density at radius 1 is 1.21 bits per heavy atom. The molecule has 0 aliphatic carbocycles. The van der Waals surface area contributed by atoms with E-state index in [1.54, 1.807) is 0 Å². The summed E-state index contributed by atoms with van der Waals surface area (Å²) in [5.74, 6) is 7.18. The highest BCUT2D eigenvalue weighted by Gasteiger charge is 2.36. The first-order chi connectivity index (χ1) is 8.74. The number of unbranched alkanes of at least 4 members (excludes halogenated alkanes) is 1. The molecule has 0 aromatic heterocycles. The molecule has 1 nitrogen and oxygen atoms in total. The van der Waals surface area contributed by atoms with Crippen molar-refractivity contribution in [3.63, 3.8) is 0 Å². The smallest absolute Gasteiger partial charge is 0.193 e. The molecular weight excluding hydrogens is 316 g/mol. The van der Waals surface area contributed by atoms with Crippen LogP contribution in [0.5, 0.6) is 0 Å². The predicted octanol–water partition coefficient (Wildman–Crippen LogP) is 5.60. The van der Waals surface area contributed by atoms with Crippen molar-refractivity contribution in [1.29, 1.82) is 0 Å². The molecule has 0 N–H and O–H groups in total. The molecule has 0 aromatic rings. The zero-order valence-corrected chi connectivity index (χ0v) is 16.2. The zero-order chi connectivity index (χ0) is 14.9. The normalized spacial score (nSPS) is 13.8. The third-order valence-corrected chi connectivity index (χ3v) is 9.41. The van der Waals surface area contributed by atoms with E-state index in [1.807, 2.05) is 0 Å². The number of alkyl halides is 1. The molecule has 0 spiro atoms. The lowest BCUT2D eigenvalue weighted by Crippen LogP contribution is -2.40. The van der Waals surface area contributed by atoms with Crippen LogP contribution in [0.4, 0.5) is 0 Å². The van der Waals surface area contributed by atoms with Gasteiger partial charge in [0, 0.05) is 11.8 Å². The van der Waals surface area contributed by atoms with Gasteiger partial charge in [-0.2, -0.15) is 0 Å². The molecule has 0 aliphatic heterocycles. The van der Waals surface area contributed by atoms with E-state index in [-0.39, 0.29) is 5.04 Å². The molecule has 0 radical (unpaired) electrons. The van der Waals surface area contributed by atoms with Gasteiger partial charge in [-0.1, -0.05) is 62.4 Å². The SMILES string of the molecule is CCCCC(CBr)CC#CCO[Si](C)(C)C(C)(C)C. The van der Waals surface area contributed by atoms with E-state index in [0.29, 0.717) is 12.5 Å². The van der Waals surface area contributed by atoms with E-state index in [0.717, 1.165) is 11.8 Å². The average molecular weight is 347 g/mol. The Morgan fingerprint density at radius 2 is 1.84 bits per heavy atom. The first kappa shape index (κ1) is 19.2. The van der Waals surface area contributed by atoms with Crippen LogP contribution in [0.25, 0.3) is 0 Å². The van der Waals surface area contributed by atoms with Crippen LogP contribution in [0.3, 0.4) is 0 Å². The molecule has 0 fully saturated rings. The first-order valence-electron chi connectivity index (χ1n) is 7.40. The molecule has 0 rings (SSSR count). The fraction of sp³-hybridized carbons (Fsp3) is 0.875. The quantitative estimate of drug-likeness (QED) is 0.331. The summed E-state index contributed by atoms with van der Waals surface area (Å²) in [6.45, 7) is 14.2. The lowest BCUT2D eigenvalue weighted by Gasteiger charge is -2.35. The number of hydrogen-bond acceptors (Lipinski definition) is 1. The minimum atomic E-state index is -1.62. The Labute approximate surface area is 130 Å². The van der Waals surface area contributed by atoms with Gasteiger partial charge in [-0.25, -0.2) is 0 Å². The molecule has 0 heterocycles. The van der Waals surface area contributed by atoms with Crippen molar-refractivity contribution in [2.45, 2.75) is 71.5 Å². The van der Waals surface area contributed by atoms with Gasteiger partial charge in [0.2, 0.25) is 0 Å². The van der Waals surface area contributed by atoms with Crippen molar-refractivity contribution in [3.05, 3.63) is 0 Å². The van der Waals surface area contributed by atoms with Crippen molar-refractivity contribution >= 4 is 24.2 Å². The Balaban J connectivity index is 4.05. The molecule has 112 valence electrons. The summed E-state index contributed by atoms with van der Waals surface area (Å²) in [5.41, 5.74) is 0. The van der Waals surface area contributed by atoms with Gasteiger partial charge in [-0.3, -0.25) is 0 Å². The molecule has 19 heavy (non-hydrogen) atoms. The fourth-order valence-electron chi connectivity index (χ4n) is 1.43. The van der Waals surface area contributed by atoms with Gasteiger partial charge < -0.3 is 4.43 Å². The van der Waals surface area contributed by atoms with Crippen LogP contribution in [0.1, 0.15) is 53.4 Å². The molecule has 0 saturated carbocycles. The first-order valence-corrected chi connectivity index (χ1v) is 11.4. The molecule has 0 aromatic carbocycles. The lowest BCUT2D eigenvalue weighted by atomic mass is 10.0. The molecule has 0 aliphatic rings. The summed E-state index contributed by atoms with van der Waals surface area (Å²) in [6.07, 6.45) is 4.84. The molecule has 1 atom stereocenters. The van der Waals surface area contributed by atoms with E-state index in [4.69, 9.17) is 4.43 Å². The monoisotopic (exact) mass is 346 g/mol. The van der Waals surface area contributed by atoms with Crippen LogP contribution in [0.15, 0.2) is 0 Å². The van der Waals surface area contributed by atoms with Crippen LogP contribution < -0.4 is 0 Å². The summed E-state index contributed by atoms with van der Waals surface area (Å²) in [7, 11) is -1.62. The molecule has 0 saturated heterocycles. The van der Waals surface area contributed by atoms with Crippen LogP contribution in [0, 0.1) is 17.8 Å². The van der Waals surface area contributed by atoms with Crippen molar-refractivity contribution in [2.75, 3.05) is 11.9 Å². The Kier molecular flexibility index (Phi) is 9.31. The fourth-order valence-corrected chi connectivity index (χ4v) is 2.85. The number of hydrogen-bond donors (Lipinski definition) is 0. The number of rotatable bonds is 7. The van der Waals surface area contributed by atoms with Gasteiger partial charge in [-0.05, 0) is 30.5 Å². The van der Waals surface area contributed by atoms with E-state index in [1.165, 1.54) is 19.3 Å². The molecule has 0 bridgehead atoms. The van der Waals surface area contributed by atoms with Crippen molar-refractivity contribution in [3.8, 4) is 11.8 Å². The molecular formula is C16H31BrOSi. The molecule has 0 amide bonds. The third-order valence-electron chi connectivity index (χ3n) is 4.01. The van der Waals surface area contributed by atoms with E-state index in [9.17, 15) is 0 Å². The summed E-state index contributed by atoms with van der Waals surface area (Å²) < 4.78 is 6.04. The second kappa shape index (κ2) is 9.21. The Bertz CT molecular complexity index is 296. The van der Waals surface area contributed by atoms with E-state index < -0.39 is 8.32 Å². The second-order valence-corrected chi connectivity index (χ2v) is 12.2. The lowest BCUT2D eigenvalue weighted by molar-refractivity contribution is 0.334. The Morgan fingerprint density at radius 3 is 2.32 bits per heavy atom. The Hall–Kier alpha value is 0.217. The summed E-state index contributed by atoms with van der Waals surface area (Å²) in [5, 5.41) is 1.33. The zero-order valence-electron chi connectivity index (χ0n) is 13.6. The van der Waals surface area contributed by atoms with Crippen molar-refractivity contribution in [1.82, 2.24) is 0 Å². The largest absolute Gasteiger partial charge is 0.406 e. The highest BCUT2D eigenvalue weighted by molar-refractivity contribution is 9.09. The molecule has 3 heteroatoms. The maximum atomic E-state index is 6.04.